The summed E-state index contributed by atoms with van der Waals surface area (Å²) < 4.78 is 3.08. The van der Waals surface area contributed by atoms with E-state index < -0.39 is 18.6 Å². The molecule has 1 aromatic carbocycles. The highest BCUT2D eigenvalue weighted by Gasteiger charge is 2.22. The molecule has 0 spiro atoms. The molecule has 0 fully saturated rings. The van der Waals surface area contributed by atoms with Crippen LogP contribution in [-0.2, 0) is 18.3 Å². The molecule has 2 heterocycles. The number of aliphatic hydroxyl groups is 2. The summed E-state index contributed by atoms with van der Waals surface area (Å²) in [5.74, 6) is -0.415. The van der Waals surface area contributed by atoms with Crippen LogP contribution in [0.15, 0.2) is 36.5 Å². The van der Waals surface area contributed by atoms with Crippen molar-refractivity contribution in [1.29, 1.82) is 0 Å². The van der Waals surface area contributed by atoms with Gasteiger partial charge in [-0.05, 0) is 64.9 Å². The number of aromatic nitrogens is 2. The summed E-state index contributed by atoms with van der Waals surface area (Å²) in [7, 11) is 1.89. The molecule has 2 aromatic heterocycles. The molecule has 3 aromatic rings. The minimum Gasteiger partial charge on any atom is -0.394 e. The minimum atomic E-state index is -1.05. The molecule has 3 rings (SSSR count). The number of nitrogens with zero attached hydrogens (tertiary/aromatic N) is 2. The molecule has 3 N–H and O–H groups in total. The van der Waals surface area contributed by atoms with Crippen LogP contribution in [0, 0.1) is 10.5 Å². The fourth-order valence-electron chi connectivity index (χ4n) is 3.12. The lowest BCUT2D eigenvalue weighted by Crippen LogP contribution is -2.30. The molecule has 0 radical (unpaired) electrons. The SMILES string of the molecule is Cc1cc(I)ccc1Cc1c(C(=O)NOC[C@@H](O)CO)c2cccnc2n1C. The van der Waals surface area contributed by atoms with Crippen LogP contribution < -0.4 is 5.48 Å². The number of hydrogen-bond acceptors (Lipinski definition) is 5. The molecule has 7 nitrogen and oxygen atoms in total. The maximum Gasteiger partial charge on any atom is 0.277 e. The second-order valence-corrected chi connectivity index (χ2v) is 7.83. The summed E-state index contributed by atoms with van der Waals surface area (Å²) >= 11 is 2.28. The molecule has 0 aliphatic carbocycles. The lowest BCUT2D eigenvalue weighted by Gasteiger charge is -2.12. The first-order valence-electron chi connectivity index (χ1n) is 8.80. The second-order valence-electron chi connectivity index (χ2n) is 6.58. The summed E-state index contributed by atoms with van der Waals surface area (Å²) in [5, 5.41) is 19.0. The number of hydroxylamine groups is 1. The van der Waals surface area contributed by atoms with Crippen molar-refractivity contribution in [3.8, 4) is 0 Å². The zero-order chi connectivity index (χ0) is 20.3. The van der Waals surface area contributed by atoms with Gasteiger partial charge in [-0.25, -0.2) is 10.5 Å². The van der Waals surface area contributed by atoms with Gasteiger partial charge in [0.2, 0.25) is 0 Å². The summed E-state index contributed by atoms with van der Waals surface area (Å²) in [5.41, 5.74) is 6.66. The van der Waals surface area contributed by atoms with Gasteiger partial charge in [0.05, 0.1) is 12.2 Å². The fourth-order valence-corrected chi connectivity index (χ4v) is 3.76. The second kappa shape index (κ2) is 8.99. The average Bonchev–Trinajstić information content (AvgIpc) is 2.96. The number of rotatable bonds is 7. The first-order valence-corrected chi connectivity index (χ1v) is 9.88. The zero-order valence-corrected chi connectivity index (χ0v) is 17.8. The van der Waals surface area contributed by atoms with E-state index in [4.69, 9.17) is 9.94 Å². The van der Waals surface area contributed by atoms with Crippen molar-refractivity contribution in [3.05, 3.63) is 62.5 Å². The molecule has 1 amide bonds. The molecule has 0 saturated carbocycles. The van der Waals surface area contributed by atoms with Crippen LogP contribution >= 0.6 is 22.6 Å². The summed E-state index contributed by atoms with van der Waals surface area (Å²) in [6.07, 6.45) is 1.21. The Hall–Kier alpha value is -2.01. The van der Waals surface area contributed by atoms with Crippen LogP contribution in [0.1, 0.15) is 27.2 Å². The third-order valence-corrected chi connectivity index (χ3v) is 5.28. The third kappa shape index (κ3) is 4.35. The molecule has 0 unspecified atom stereocenters. The standard InChI is InChI=1S/C20H22IN3O4/c1-12-8-14(21)6-5-13(12)9-17-18(20(27)23-28-11-15(26)10-25)16-4-3-7-22-19(16)24(17)2/h3-8,15,25-26H,9-11H2,1-2H3,(H,23,27)/t15-/m0/s1. The van der Waals surface area contributed by atoms with Gasteiger partial charge in [-0.1, -0.05) is 6.07 Å². The molecule has 0 saturated heterocycles. The van der Waals surface area contributed by atoms with Crippen LogP contribution in [0.2, 0.25) is 0 Å². The zero-order valence-electron chi connectivity index (χ0n) is 15.6. The number of hydrogen-bond donors (Lipinski definition) is 3. The first kappa shape index (κ1) is 20.7. The van der Waals surface area contributed by atoms with Gasteiger partial charge in [0.1, 0.15) is 18.4 Å². The lowest BCUT2D eigenvalue weighted by atomic mass is 10.0. The maximum absolute atomic E-state index is 12.9. The Kier molecular flexibility index (Phi) is 6.65. The summed E-state index contributed by atoms with van der Waals surface area (Å²) in [6, 6.07) is 9.86. The summed E-state index contributed by atoms with van der Waals surface area (Å²) in [6.45, 7) is 1.42. The predicted molar refractivity (Wildman–Crippen MR) is 114 cm³/mol. The molecule has 148 valence electrons. The normalized spacial score (nSPS) is 12.3. The molecule has 0 aliphatic rings. The Balaban J connectivity index is 1.98. The number of carbonyl (C=O) groups is 1. The average molecular weight is 495 g/mol. The van der Waals surface area contributed by atoms with Crippen molar-refractivity contribution in [2.75, 3.05) is 13.2 Å². The number of amides is 1. The van der Waals surface area contributed by atoms with Gasteiger partial charge in [-0.2, -0.15) is 0 Å². The summed E-state index contributed by atoms with van der Waals surface area (Å²) in [4.78, 5) is 22.3. The van der Waals surface area contributed by atoms with Gasteiger partial charge >= 0.3 is 0 Å². The monoisotopic (exact) mass is 495 g/mol. The van der Waals surface area contributed by atoms with E-state index in [1.807, 2.05) is 23.7 Å². The van der Waals surface area contributed by atoms with Gasteiger partial charge in [-0.15, -0.1) is 0 Å². The number of pyridine rings is 1. The third-order valence-electron chi connectivity index (χ3n) is 4.61. The van der Waals surface area contributed by atoms with E-state index >= 15 is 0 Å². The minimum absolute atomic E-state index is 0.198. The topological polar surface area (TPSA) is 96.6 Å². The largest absolute Gasteiger partial charge is 0.394 e. The number of nitrogens with one attached hydrogen (secondary N) is 1. The van der Waals surface area contributed by atoms with Gasteiger partial charge in [0, 0.05) is 34.3 Å². The van der Waals surface area contributed by atoms with Crippen molar-refractivity contribution in [2.45, 2.75) is 19.4 Å². The fraction of sp³-hybridized carbons (Fsp3) is 0.300. The molecule has 0 bridgehead atoms. The number of halogens is 1. The van der Waals surface area contributed by atoms with Gasteiger partial charge in [0.25, 0.3) is 5.91 Å². The van der Waals surface area contributed by atoms with E-state index in [1.54, 1.807) is 12.3 Å². The molecule has 1 atom stereocenters. The van der Waals surface area contributed by atoms with Crippen molar-refractivity contribution < 1.29 is 19.8 Å². The first-order chi connectivity index (χ1) is 13.4. The van der Waals surface area contributed by atoms with Crippen LogP contribution in [0.5, 0.6) is 0 Å². The Morgan fingerprint density at radius 3 is 2.89 bits per heavy atom. The predicted octanol–water partition coefficient (Wildman–Crippen LogP) is 2.09. The van der Waals surface area contributed by atoms with Gasteiger partial charge < -0.3 is 14.8 Å². The lowest BCUT2D eigenvalue weighted by molar-refractivity contribution is -0.0295. The number of carbonyl (C=O) groups excluding carboxylic acids is 1. The van der Waals surface area contributed by atoms with Gasteiger partial charge in [0.15, 0.2) is 0 Å². The quantitative estimate of drug-likeness (QED) is 0.345. The highest BCUT2D eigenvalue weighted by molar-refractivity contribution is 14.1. The van der Waals surface area contributed by atoms with Gasteiger partial charge in [-0.3, -0.25) is 9.63 Å². The van der Waals surface area contributed by atoms with Crippen LogP contribution in [0.25, 0.3) is 11.0 Å². The molecule has 28 heavy (non-hydrogen) atoms. The Bertz CT molecular complexity index is 1000. The molecular weight excluding hydrogens is 473 g/mol. The van der Waals surface area contributed by atoms with Crippen LogP contribution in [0.4, 0.5) is 0 Å². The van der Waals surface area contributed by atoms with E-state index in [0.29, 0.717) is 17.6 Å². The van der Waals surface area contributed by atoms with Crippen LogP contribution in [-0.4, -0.2) is 45.0 Å². The van der Waals surface area contributed by atoms with E-state index in [-0.39, 0.29) is 6.61 Å². The highest BCUT2D eigenvalue weighted by Crippen LogP contribution is 2.27. The number of aryl methyl sites for hydroxylation is 2. The Morgan fingerprint density at radius 1 is 1.39 bits per heavy atom. The highest BCUT2D eigenvalue weighted by atomic mass is 127. The number of fused-ring (bicyclic) bond motifs is 1. The Morgan fingerprint density at radius 2 is 2.18 bits per heavy atom. The maximum atomic E-state index is 12.9. The molecule has 8 heteroatoms. The van der Waals surface area contributed by atoms with Crippen molar-refractivity contribution in [1.82, 2.24) is 15.0 Å². The molecule has 0 aliphatic heterocycles. The number of aliphatic hydroxyl groups excluding tert-OH is 2. The van der Waals surface area contributed by atoms with Crippen molar-refractivity contribution in [2.24, 2.45) is 7.05 Å². The van der Waals surface area contributed by atoms with Crippen LogP contribution in [0.3, 0.4) is 0 Å². The van der Waals surface area contributed by atoms with E-state index in [1.165, 1.54) is 0 Å². The smallest absolute Gasteiger partial charge is 0.277 e. The van der Waals surface area contributed by atoms with E-state index in [0.717, 1.165) is 25.8 Å². The van der Waals surface area contributed by atoms with Crippen molar-refractivity contribution in [3.63, 3.8) is 0 Å². The Labute approximate surface area is 176 Å². The number of benzene rings is 1. The van der Waals surface area contributed by atoms with Crippen molar-refractivity contribution >= 4 is 39.5 Å². The van der Waals surface area contributed by atoms with E-state index in [9.17, 15) is 9.90 Å². The van der Waals surface area contributed by atoms with E-state index in [2.05, 4.69) is 52.1 Å². The molecular formula is C20H22IN3O4.